The van der Waals surface area contributed by atoms with Crippen LogP contribution in [0.3, 0.4) is 0 Å². The maximum absolute atomic E-state index is 12.3. The van der Waals surface area contributed by atoms with Crippen LogP contribution in [0.25, 0.3) is 0 Å². The highest BCUT2D eigenvalue weighted by atomic mass is 35.5. The molecule has 5 nitrogen and oxygen atoms in total. The van der Waals surface area contributed by atoms with Crippen LogP contribution in [-0.4, -0.2) is 11.8 Å². The normalized spacial score (nSPS) is 11.8. The zero-order valence-corrected chi connectivity index (χ0v) is 13.2. The van der Waals surface area contributed by atoms with Gasteiger partial charge in [0.25, 0.3) is 11.8 Å². The Kier molecular flexibility index (Phi) is 5.00. The van der Waals surface area contributed by atoms with Gasteiger partial charge >= 0.3 is 0 Å². The van der Waals surface area contributed by atoms with Gasteiger partial charge in [0, 0.05) is 18.0 Å². The molecule has 0 spiro atoms. The summed E-state index contributed by atoms with van der Waals surface area (Å²) in [6, 6.07) is 7.49. The Labute approximate surface area is 137 Å². The molecule has 0 unspecified atom stereocenters. The van der Waals surface area contributed by atoms with Crippen molar-refractivity contribution in [2.75, 3.05) is 5.32 Å². The quantitative estimate of drug-likeness (QED) is 0.840. The first-order chi connectivity index (χ1) is 10.4. The average Bonchev–Trinajstić information content (AvgIpc) is 2.49. The van der Waals surface area contributed by atoms with E-state index in [2.05, 4.69) is 5.32 Å². The Bertz CT molecular complexity index is 734. The lowest BCUT2D eigenvalue weighted by Crippen LogP contribution is -2.44. The summed E-state index contributed by atoms with van der Waals surface area (Å²) in [5.74, 6) is -0.835. The number of rotatable bonds is 4. The molecule has 0 aliphatic heterocycles. The number of nitrogens with one attached hydrogen (secondary N) is 1. The lowest BCUT2D eigenvalue weighted by atomic mass is 10.2. The van der Waals surface area contributed by atoms with Crippen molar-refractivity contribution in [3.63, 3.8) is 0 Å². The van der Waals surface area contributed by atoms with Crippen LogP contribution in [0.4, 0.5) is 5.69 Å². The number of primary amides is 1. The molecule has 3 N–H and O–H groups in total. The Morgan fingerprint density at radius 1 is 1.27 bits per heavy atom. The highest BCUT2D eigenvalue weighted by Gasteiger charge is 2.23. The van der Waals surface area contributed by atoms with E-state index in [0.29, 0.717) is 21.3 Å². The number of aromatic nitrogens is 1. The van der Waals surface area contributed by atoms with E-state index in [1.807, 2.05) is 0 Å². The van der Waals surface area contributed by atoms with Crippen LogP contribution in [0.15, 0.2) is 42.7 Å². The predicted molar refractivity (Wildman–Crippen MR) is 85.0 cm³/mol. The molecule has 22 heavy (non-hydrogen) atoms. The summed E-state index contributed by atoms with van der Waals surface area (Å²) in [6.07, 6.45) is 3.20. The fourth-order valence-corrected chi connectivity index (χ4v) is 2.30. The second-order valence-electron chi connectivity index (χ2n) is 4.69. The number of nitrogens with two attached hydrogens (primary N) is 1. The topological polar surface area (TPSA) is 76.1 Å². The number of amides is 2. The Morgan fingerprint density at radius 2 is 2.00 bits per heavy atom. The number of anilines is 1. The number of carbonyl (C=O) groups excluding carboxylic acids is 2. The van der Waals surface area contributed by atoms with Gasteiger partial charge in [-0.1, -0.05) is 23.2 Å². The highest BCUT2D eigenvalue weighted by Crippen LogP contribution is 2.25. The van der Waals surface area contributed by atoms with Gasteiger partial charge in [-0.3, -0.25) is 9.59 Å². The minimum absolute atomic E-state index is 0.282. The molecule has 0 aliphatic rings. The Morgan fingerprint density at radius 3 is 2.64 bits per heavy atom. The first-order valence-corrected chi connectivity index (χ1v) is 7.20. The van der Waals surface area contributed by atoms with Gasteiger partial charge in [-0.15, -0.1) is 0 Å². The van der Waals surface area contributed by atoms with Crippen molar-refractivity contribution in [3.8, 4) is 0 Å². The molecule has 0 saturated heterocycles. The molecule has 0 radical (unpaired) electrons. The van der Waals surface area contributed by atoms with Gasteiger partial charge in [-0.25, -0.2) is 0 Å². The Balaban J connectivity index is 2.18. The van der Waals surface area contributed by atoms with Crippen LogP contribution in [0.1, 0.15) is 23.3 Å². The van der Waals surface area contributed by atoms with Crippen molar-refractivity contribution in [1.82, 2.24) is 0 Å². The second kappa shape index (κ2) is 6.77. The third-order valence-electron chi connectivity index (χ3n) is 3.12. The zero-order chi connectivity index (χ0) is 16.3. The summed E-state index contributed by atoms with van der Waals surface area (Å²) in [5, 5.41) is 3.55. The van der Waals surface area contributed by atoms with Gasteiger partial charge in [-0.05, 0) is 24.3 Å². The molecule has 2 rings (SSSR count). The summed E-state index contributed by atoms with van der Waals surface area (Å²) >= 11 is 11.8. The van der Waals surface area contributed by atoms with E-state index >= 15 is 0 Å². The van der Waals surface area contributed by atoms with Gasteiger partial charge < -0.3 is 11.1 Å². The highest BCUT2D eigenvalue weighted by molar-refractivity contribution is 6.36. The molecule has 0 saturated carbocycles. The molecule has 114 valence electrons. The summed E-state index contributed by atoms with van der Waals surface area (Å²) in [4.78, 5) is 23.5. The first kappa shape index (κ1) is 16.3. The van der Waals surface area contributed by atoms with E-state index in [9.17, 15) is 9.59 Å². The molecule has 7 heteroatoms. The van der Waals surface area contributed by atoms with Crippen molar-refractivity contribution in [1.29, 1.82) is 0 Å². The molecule has 0 fully saturated rings. The Hall–Kier alpha value is -2.11. The van der Waals surface area contributed by atoms with Crippen molar-refractivity contribution in [3.05, 3.63) is 58.3 Å². The fourth-order valence-electron chi connectivity index (χ4n) is 1.84. The molecule has 1 atom stereocenters. The van der Waals surface area contributed by atoms with E-state index in [1.54, 1.807) is 48.0 Å². The van der Waals surface area contributed by atoms with Gasteiger partial charge in [0.1, 0.15) is 5.56 Å². The van der Waals surface area contributed by atoms with Crippen LogP contribution in [0, 0.1) is 0 Å². The number of carbonyl (C=O) groups is 2. The standard InChI is InChI=1S/C15H13Cl2N3O2/c1-9(20-6-2-3-10(8-20)14(18)21)15(22)19-13-5-4-11(16)7-12(13)17/h2-9H,1H3,(H2-,18,19,21,22)/p+1/t9-/m0/s1. The molecule has 1 aromatic heterocycles. The molecule has 2 aromatic rings. The van der Waals surface area contributed by atoms with Gasteiger partial charge in [-0.2, -0.15) is 4.57 Å². The van der Waals surface area contributed by atoms with Crippen LogP contribution < -0.4 is 15.6 Å². The average molecular weight is 339 g/mol. The summed E-state index contributed by atoms with van der Waals surface area (Å²) in [6.45, 7) is 1.70. The third kappa shape index (κ3) is 3.75. The van der Waals surface area contributed by atoms with Crippen LogP contribution >= 0.6 is 23.2 Å². The monoisotopic (exact) mass is 338 g/mol. The summed E-state index contributed by atoms with van der Waals surface area (Å²) in [7, 11) is 0. The van der Waals surface area contributed by atoms with E-state index in [1.165, 1.54) is 6.20 Å². The number of nitrogens with zero attached hydrogens (tertiary/aromatic N) is 1. The molecular weight excluding hydrogens is 325 g/mol. The number of hydrogen-bond acceptors (Lipinski definition) is 2. The number of hydrogen-bond donors (Lipinski definition) is 2. The van der Waals surface area contributed by atoms with Crippen molar-refractivity contribution >= 4 is 40.7 Å². The van der Waals surface area contributed by atoms with Crippen LogP contribution in [0.5, 0.6) is 0 Å². The van der Waals surface area contributed by atoms with Gasteiger partial charge in [0.2, 0.25) is 6.04 Å². The number of pyridine rings is 1. The van der Waals surface area contributed by atoms with Crippen LogP contribution in [0.2, 0.25) is 10.0 Å². The van der Waals surface area contributed by atoms with E-state index in [4.69, 9.17) is 28.9 Å². The lowest BCUT2D eigenvalue weighted by Gasteiger charge is -2.10. The summed E-state index contributed by atoms with van der Waals surface area (Å²) < 4.78 is 1.60. The smallest absolute Gasteiger partial charge is 0.293 e. The zero-order valence-electron chi connectivity index (χ0n) is 11.7. The summed E-state index contributed by atoms with van der Waals surface area (Å²) in [5.41, 5.74) is 6.03. The van der Waals surface area contributed by atoms with Crippen molar-refractivity contribution < 1.29 is 14.2 Å². The molecule has 0 aliphatic carbocycles. The lowest BCUT2D eigenvalue weighted by molar-refractivity contribution is -0.705. The third-order valence-corrected chi connectivity index (χ3v) is 3.67. The molecule has 1 heterocycles. The van der Waals surface area contributed by atoms with Crippen molar-refractivity contribution in [2.24, 2.45) is 5.73 Å². The minimum Gasteiger partial charge on any atom is -0.365 e. The maximum atomic E-state index is 12.3. The maximum Gasteiger partial charge on any atom is 0.293 e. The van der Waals surface area contributed by atoms with E-state index < -0.39 is 11.9 Å². The number of halogens is 2. The molecular formula is C15H14Cl2N3O2+. The number of benzene rings is 1. The predicted octanol–water partition coefficient (Wildman–Crippen LogP) is 2.58. The van der Waals surface area contributed by atoms with Crippen molar-refractivity contribution in [2.45, 2.75) is 13.0 Å². The van der Waals surface area contributed by atoms with E-state index in [0.717, 1.165) is 0 Å². The van der Waals surface area contributed by atoms with Gasteiger partial charge in [0.05, 0.1) is 10.7 Å². The van der Waals surface area contributed by atoms with Crippen LogP contribution in [-0.2, 0) is 4.79 Å². The first-order valence-electron chi connectivity index (χ1n) is 6.45. The molecule has 0 bridgehead atoms. The molecule has 2 amide bonds. The van der Waals surface area contributed by atoms with Gasteiger partial charge in [0.15, 0.2) is 12.4 Å². The minimum atomic E-state index is -0.553. The fraction of sp³-hybridized carbons (Fsp3) is 0.133. The second-order valence-corrected chi connectivity index (χ2v) is 5.54. The molecule has 1 aromatic carbocycles. The SMILES string of the molecule is C[C@@H](C(=O)Nc1ccc(Cl)cc1Cl)[n+]1cccc(C(N)=O)c1. The van der Waals surface area contributed by atoms with E-state index in [-0.39, 0.29) is 5.91 Å². The largest absolute Gasteiger partial charge is 0.365 e.